The van der Waals surface area contributed by atoms with Crippen molar-refractivity contribution >= 4 is 65.2 Å². The van der Waals surface area contributed by atoms with E-state index in [9.17, 15) is 8.22 Å². The Balaban J connectivity index is 1.45. The molecule has 0 fully saturated rings. The van der Waals surface area contributed by atoms with Crippen molar-refractivity contribution < 1.29 is 29.4 Å². The second-order valence-electron chi connectivity index (χ2n) is 10.9. The molecule has 0 saturated heterocycles. The number of furan rings is 2. The molecule has 46 heavy (non-hydrogen) atoms. The van der Waals surface area contributed by atoms with E-state index in [4.69, 9.17) is 21.2 Å². The van der Waals surface area contributed by atoms with E-state index in [1.807, 2.05) is 48.5 Å². The Morgan fingerprint density at radius 2 is 1.15 bits per heavy atom. The molecular weight excluding hydrogens is 560 g/mol. The highest BCUT2D eigenvalue weighted by Gasteiger charge is 2.22. The van der Waals surface area contributed by atoms with Crippen LogP contribution in [0.5, 0.6) is 0 Å². The molecule has 0 aliphatic heterocycles. The van der Waals surface area contributed by atoms with E-state index in [0.717, 1.165) is 10.9 Å². The highest BCUT2D eigenvalue weighted by atomic mass is 16.4. The van der Waals surface area contributed by atoms with Crippen molar-refractivity contribution in [1.29, 1.82) is 0 Å². The van der Waals surface area contributed by atoms with Crippen LogP contribution < -0.4 is 0 Å². The van der Waals surface area contributed by atoms with Gasteiger partial charge in [0.1, 0.15) is 11.3 Å². The Bertz CT molecular complexity index is 3570. The highest BCUT2D eigenvalue weighted by molar-refractivity contribution is 6.27. The third-order valence-corrected chi connectivity index (χ3v) is 8.35. The van der Waals surface area contributed by atoms with Gasteiger partial charge in [-0.2, -0.15) is 0 Å². The fourth-order valence-corrected chi connectivity index (χ4v) is 6.38. The van der Waals surface area contributed by atoms with Crippen molar-refractivity contribution in [2.75, 3.05) is 0 Å². The predicted octanol–water partition coefficient (Wildman–Crippen LogP) is 12.8. The van der Waals surface area contributed by atoms with E-state index in [1.165, 1.54) is 0 Å². The third-order valence-electron chi connectivity index (χ3n) is 8.35. The molecule has 2 nitrogen and oxygen atoms in total. The Hall–Kier alpha value is -6.12. The van der Waals surface area contributed by atoms with Gasteiger partial charge in [-0.15, -0.1) is 0 Å². The van der Waals surface area contributed by atoms with Crippen LogP contribution in [-0.4, -0.2) is 0 Å². The average Bonchev–Trinajstić information content (AvgIpc) is 3.88. The maximum atomic E-state index is 9.47. The average molecular weight is 602 g/mol. The standard InChI is InChI=1S/C44H26O2/c1-2-12-28(13-3-1)39-26-31-23-24-37-42-36(19-10-20-38(42)45-44(37)43(31)46-39)41-34-17-8-6-15-32(34)40(33-16-7-9-18-35(33)41)30-22-21-27-11-4-5-14-29(27)25-30/h1-26H/i4D,5D,6D,7D,8D,9D,11D,14D,15D,16D,17D,18D,21D,22D,25D. The monoisotopic (exact) mass is 601 g/mol. The highest BCUT2D eigenvalue weighted by Crippen LogP contribution is 2.48. The van der Waals surface area contributed by atoms with Gasteiger partial charge in [0.15, 0.2) is 11.2 Å². The molecule has 10 rings (SSSR count). The Morgan fingerprint density at radius 3 is 1.91 bits per heavy atom. The molecule has 0 radical (unpaired) electrons. The van der Waals surface area contributed by atoms with E-state index in [0.29, 0.717) is 33.3 Å². The van der Waals surface area contributed by atoms with Gasteiger partial charge in [-0.1, -0.05) is 133 Å². The fraction of sp³-hybridized carbons (Fsp3) is 0. The summed E-state index contributed by atoms with van der Waals surface area (Å²) in [5, 5.41) is -0.244. The molecule has 10 aromatic rings. The summed E-state index contributed by atoms with van der Waals surface area (Å²) in [7, 11) is 0. The zero-order chi connectivity index (χ0) is 43.2. The minimum Gasteiger partial charge on any atom is -0.452 e. The maximum absolute atomic E-state index is 9.47. The van der Waals surface area contributed by atoms with Crippen molar-refractivity contribution in [3.63, 3.8) is 0 Å². The molecule has 0 aliphatic carbocycles. The first-order chi connectivity index (χ1) is 29.1. The molecule has 8 aromatic carbocycles. The summed E-state index contributed by atoms with van der Waals surface area (Å²) in [5.41, 5.74) is 1.30. The molecule has 0 atom stereocenters. The molecule has 0 N–H and O–H groups in total. The Morgan fingerprint density at radius 1 is 0.457 bits per heavy atom. The summed E-state index contributed by atoms with van der Waals surface area (Å²) in [6.07, 6.45) is 0. The second kappa shape index (κ2) is 9.69. The van der Waals surface area contributed by atoms with Gasteiger partial charge in [-0.05, 0) is 78.8 Å². The molecule has 214 valence electrons. The summed E-state index contributed by atoms with van der Waals surface area (Å²) in [6.45, 7) is 0. The van der Waals surface area contributed by atoms with E-state index < -0.39 is 107 Å². The van der Waals surface area contributed by atoms with Gasteiger partial charge < -0.3 is 8.83 Å². The van der Waals surface area contributed by atoms with Crippen molar-refractivity contribution in [2.24, 2.45) is 0 Å². The largest absolute Gasteiger partial charge is 0.452 e. The molecule has 0 bridgehead atoms. The quantitative estimate of drug-likeness (QED) is 0.188. The molecular formula is C44H26O2. The lowest BCUT2D eigenvalue weighted by Crippen LogP contribution is -1.91. The SMILES string of the molecule is [2H]c1c([2H])c([2H])c2c([2H])c(-c3c4c([2H])c([2H])c([2H])c([2H])c4c(-c4cccc5oc6c(ccc7cc(-c8ccccc8)oc76)c45)c4c([2H])c([2H])c([2H])c([2H])c34)c([2H])c([2H])c2c1[2H]. The summed E-state index contributed by atoms with van der Waals surface area (Å²) >= 11 is 0. The zero-order valence-corrected chi connectivity index (χ0v) is 23.7. The van der Waals surface area contributed by atoms with E-state index in [1.54, 1.807) is 18.2 Å². The molecule has 0 unspecified atom stereocenters. The predicted molar refractivity (Wildman–Crippen MR) is 192 cm³/mol. The van der Waals surface area contributed by atoms with Gasteiger partial charge in [0.05, 0.1) is 20.6 Å². The lowest BCUT2D eigenvalue weighted by atomic mass is 9.84. The smallest absolute Gasteiger partial charge is 0.178 e. The van der Waals surface area contributed by atoms with Crippen molar-refractivity contribution in [2.45, 2.75) is 0 Å². The van der Waals surface area contributed by atoms with E-state index >= 15 is 0 Å². The molecule has 2 heterocycles. The molecule has 2 heteroatoms. The minimum atomic E-state index is -0.752. The van der Waals surface area contributed by atoms with Gasteiger partial charge in [-0.3, -0.25) is 0 Å². The van der Waals surface area contributed by atoms with Crippen LogP contribution in [0.15, 0.2) is 166 Å². The van der Waals surface area contributed by atoms with Gasteiger partial charge in [0.2, 0.25) is 0 Å². The van der Waals surface area contributed by atoms with Crippen LogP contribution >= 0.6 is 0 Å². The third kappa shape index (κ3) is 3.65. The topological polar surface area (TPSA) is 26.3 Å². The molecule has 0 saturated carbocycles. The van der Waals surface area contributed by atoms with Crippen molar-refractivity contribution in [3.8, 4) is 33.6 Å². The van der Waals surface area contributed by atoms with Crippen LogP contribution in [-0.2, 0) is 0 Å². The molecule has 0 aliphatic rings. The van der Waals surface area contributed by atoms with Crippen LogP contribution in [0.25, 0.3) is 98.8 Å². The van der Waals surface area contributed by atoms with Gasteiger partial charge in [0.25, 0.3) is 0 Å². The summed E-state index contributed by atoms with van der Waals surface area (Å²) in [5.74, 6) is 0.589. The van der Waals surface area contributed by atoms with Gasteiger partial charge >= 0.3 is 0 Å². The first kappa shape index (κ1) is 14.8. The second-order valence-corrected chi connectivity index (χ2v) is 10.9. The maximum Gasteiger partial charge on any atom is 0.178 e. The number of hydrogen-bond acceptors (Lipinski definition) is 2. The summed E-state index contributed by atoms with van der Waals surface area (Å²) < 4.78 is 148. The lowest BCUT2D eigenvalue weighted by molar-refractivity contribution is 0.611. The van der Waals surface area contributed by atoms with Crippen LogP contribution in [0.2, 0.25) is 0 Å². The number of fused-ring (bicyclic) bond motifs is 8. The zero-order valence-electron chi connectivity index (χ0n) is 38.7. The van der Waals surface area contributed by atoms with Crippen LogP contribution in [0, 0.1) is 0 Å². The van der Waals surface area contributed by atoms with Crippen LogP contribution in [0.1, 0.15) is 20.6 Å². The van der Waals surface area contributed by atoms with E-state index in [2.05, 4.69) is 0 Å². The normalized spacial score (nSPS) is 16.5. The van der Waals surface area contributed by atoms with Crippen LogP contribution in [0.3, 0.4) is 0 Å². The minimum absolute atomic E-state index is 0.0163. The van der Waals surface area contributed by atoms with Crippen LogP contribution in [0.4, 0.5) is 0 Å². The fourth-order valence-electron chi connectivity index (χ4n) is 6.38. The summed E-state index contributed by atoms with van der Waals surface area (Å²) in [4.78, 5) is 0. The Kier molecular flexibility index (Phi) is 3.11. The first-order valence-corrected chi connectivity index (χ1v) is 14.5. The van der Waals surface area contributed by atoms with Crippen molar-refractivity contribution in [1.82, 2.24) is 0 Å². The number of rotatable bonds is 3. The van der Waals surface area contributed by atoms with Crippen molar-refractivity contribution in [3.05, 3.63) is 157 Å². The lowest BCUT2D eigenvalue weighted by Gasteiger charge is -2.18. The van der Waals surface area contributed by atoms with E-state index in [-0.39, 0.29) is 38.2 Å². The molecule has 0 amide bonds. The summed E-state index contributed by atoms with van der Waals surface area (Å²) in [6, 6.07) is 9.75. The number of hydrogen-bond donors (Lipinski definition) is 0. The first-order valence-electron chi connectivity index (χ1n) is 22.0. The van der Waals surface area contributed by atoms with Gasteiger partial charge in [-0.25, -0.2) is 0 Å². The van der Waals surface area contributed by atoms with Gasteiger partial charge in [0, 0.05) is 21.7 Å². The number of benzene rings is 8. The Labute approximate surface area is 285 Å². The molecule has 0 spiro atoms. The molecule has 2 aromatic heterocycles.